The lowest BCUT2D eigenvalue weighted by Gasteiger charge is -2.09. The van der Waals surface area contributed by atoms with Gasteiger partial charge in [-0.1, -0.05) is 0 Å². The second-order valence-electron chi connectivity index (χ2n) is 4.05. The van der Waals surface area contributed by atoms with Crippen molar-refractivity contribution in [3.05, 3.63) is 29.6 Å². The quantitative estimate of drug-likeness (QED) is 0.701. The van der Waals surface area contributed by atoms with Crippen LogP contribution in [0.3, 0.4) is 0 Å². The van der Waals surface area contributed by atoms with Crippen LogP contribution in [0.1, 0.15) is 5.56 Å². The minimum absolute atomic E-state index is 0. The van der Waals surface area contributed by atoms with E-state index in [9.17, 15) is 12.8 Å². The first-order valence-corrected chi connectivity index (χ1v) is 7.41. The van der Waals surface area contributed by atoms with Gasteiger partial charge in [-0.05, 0) is 30.7 Å². The number of rotatable bonds is 8. The molecule has 0 radical (unpaired) electrons. The van der Waals surface area contributed by atoms with Gasteiger partial charge in [0.05, 0.1) is 11.5 Å². The van der Waals surface area contributed by atoms with E-state index in [-0.39, 0.29) is 23.8 Å². The van der Waals surface area contributed by atoms with Gasteiger partial charge in [-0.25, -0.2) is 17.5 Å². The van der Waals surface area contributed by atoms with Gasteiger partial charge in [0, 0.05) is 26.7 Å². The molecule has 116 valence electrons. The van der Waals surface area contributed by atoms with Gasteiger partial charge in [-0.2, -0.15) is 0 Å². The molecule has 0 aliphatic rings. The molecule has 0 bridgehead atoms. The van der Waals surface area contributed by atoms with E-state index in [1.807, 2.05) is 0 Å². The molecule has 0 unspecified atom stereocenters. The maximum absolute atomic E-state index is 12.9. The van der Waals surface area contributed by atoms with E-state index in [1.165, 1.54) is 12.1 Å². The molecular formula is C12H20ClFN2O3S. The van der Waals surface area contributed by atoms with E-state index in [0.717, 1.165) is 6.07 Å². The number of halogens is 2. The minimum atomic E-state index is -3.59. The Balaban J connectivity index is 0.00000361. The molecule has 0 saturated carbocycles. The second-order valence-corrected chi connectivity index (χ2v) is 5.79. The highest BCUT2D eigenvalue weighted by Gasteiger charge is 2.16. The highest BCUT2D eigenvalue weighted by molar-refractivity contribution is 7.89. The Morgan fingerprint density at radius 1 is 1.25 bits per heavy atom. The average Bonchev–Trinajstić information content (AvgIpc) is 2.33. The predicted octanol–water partition coefficient (Wildman–Crippen LogP) is 1.07. The van der Waals surface area contributed by atoms with Gasteiger partial charge in [-0.3, -0.25) is 0 Å². The molecule has 0 aliphatic carbocycles. The Kier molecular flexibility index (Phi) is 8.91. The van der Waals surface area contributed by atoms with Crippen LogP contribution in [0.15, 0.2) is 23.1 Å². The molecular weight excluding hydrogens is 307 g/mol. The molecule has 20 heavy (non-hydrogen) atoms. The lowest BCUT2D eigenvalue weighted by atomic mass is 10.2. The smallest absolute Gasteiger partial charge is 0.240 e. The Morgan fingerprint density at radius 2 is 1.95 bits per heavy atom. The summed E-state index contributed by atoms with van der Waals surface area (Å²) in [6.07, 6.45) is 0. The zero-order valence-electron chi connectivity index (χ0n) is 11.5. The van der Waals surface area contributed by atoms with Gasteiger partial charge in [0.2, 0.25) is 10.0 Å². The lowest BCUT2D eigenvalue weighted by Crippen LogP contribution is -2.33. The van der Waals surface area contributed by atoms with Crippen LogP contribution in [0, 0.1) is 12.7 Å². The lowest BCUT2D eigenvalue weighted by molar-refractivity contribution is 0.199. The highest BCUT2D eigenvalue weighted by Crippen LogP contribution is 2.15. The van der Waals surface area contributed by atoms with Crippen LogP contribution in [0.2, 0.25) is 0 Å². The predicted molar refractivity (Wildman–Crippen MR) is 78.3 cm³/mol. The SMILES string of the molecule is COCCNCCNS(=O)(=O)c1ccc(F)cc1C.Cl. The Hall–Kier alpha value is -0.730. The molecule has 1 rings (SSSR count). The average molecular weight is 327 g/mol. The van der Waals surface area contributed by atoms with E-state index in [2.05, 4.69) is 10.0 Å². The van der Waals surface area contributed by atoms with Crippen LogP contribution in [-0.2, 0) is 14.8 Å². The van der Waals surface area contributed by atoms with Crippen molar-refractivity contribution in [1.82, 2.24) is 10.0 Å². The van der Waals surface area contributed by atoms with Crippen LogP contribution in [0.25, 0.3) is 0 Å². The summed E-state index contributed by atoms with van der Waals surface area (Å²) < 4.78 is 44.2. The maximum Gasteiger partial charge on any atom is 0.240 e. The molecule has 0 atom stereocenters. The van der Waals surface area contributed by atoms with Crippen molar-refractivity contribution in [2.75, 3.05) is 33.4 Å². The third-order valence-corrected chi connectivity index (χ3v) is 4.12. The van der Waals surface area contributed by atoms with Crippen molar-refractivity contribution in [2.45, 2.75) is 11.8 Å². The van der Waals surface area contributed by atoms with Gasteiger partial charge >= 0.3 is 0 Å². The number of aryl methyl sites for hydroxylation is 1. The summed E-state index contributed by atoms with van der Waals surface area (Å²) in [5.41, 5.74) is 0.389. The monoisotopic (exact) mass is 326 g/mol. The molecule has 2 N–H and O–H groups in total. The summed E-state index contributed by atoms with van der Waals surface area (Å²) in [7, 11) is -1.99. The van der Waals surface area contributed by atoms with E-state index >= 15 is 0 Å². The normalized spacial score (nSPS) is 11.2. The third-order valence-electron chi connectivity index (χ3n) is 2.50. The first-order valence-electron chi connectivity index (χ1n) is 5.93. The molecule has 0 fully saturated rings. The van der Waals surface area contributed by atoms with E-state index < -0.39 is 15.8 Å². The maximum atomic E-state index is 12.9. The van der Waals surface area contributed by atoms with Crippen LogP contribution < -0.4 is 10.0 Å². The topological polar surface area (TPSA) is 67.4 Å². The zero-order chi connectivity index (χ0) is 14.3. The molecule has 5 nitrogen and oxygen atoms in total. The van der Waals surface area contributed by atoms with Crippen LogP contribution in [0.4, 0.5) is 4.39 Å². The largest absolute Gasteiger partial charge is 0.383 e. The molecule has 1 aromatic carbocycles. The van der Waals surface area contributed by atoms with Crippen molar-refractivity contribution in [1.29, 1.82) is 0 Å². The summed E-state index contributed by atoms with van der Waals surface area (Å²) in [6.45, 7) is 3.57. The van der Waals surface area contributed by atoms with Crippen molar-refractivity contribution in [3.63, 3.8) is 0 Å². The van der Waals surface area contributed by atoms with Gasteiger partial charge in [0.15, 0.2) is 0 Å². The number of benzene rings is 1. The summed E-state index contributed by atoms with van der Waals surface area (Å²) in [6, 6.07) is 3.61. The van der Waals surface area contributed by atoms with Crippen LogP contribution in [0.5, 0.6) is 0 Å². The number of methoxy groups -OCH3 is 1. The van der Waals surface area contributed by atoms with Gasteiger partial charge < -0.3 is 10.1 Å². The van der Waals surface area contributed by atoms with Crippen LogP contribution in [-0.4, -0.2) is 41.8 Å². The Labute approximate surface area is 125 Å². The molecule has 0 saturated heterocycles. The highest BCUT2D eigenvalue weighted by atomic mass is 35.5. The number of hydrogen-bond acceptors (Lipinski definition) is 4. The Bertz CT molecular complexity index is 511. The van der Waals surface area contributed by atoms with Gasteiger partial charge in [-0.15, -0.1) is 12.4 Å². The number of ether oxygens (including phenoxy) is 1. The van der Waals surface area contributed by atoms with Gasteiger partial charge in [0.1, 0.15) is 5.82 Å². The summed E-state index contributed by atoms with van der Waals surface area (Å²) in [5.74, 6) is -0.447. The van der Waals surface area contributed by atoms with Crippen LogP contribution >= 0.6 is 12.4 Å². The zero-order valence-corrected chi connectivity index (χ0v) is 13.1. The fourth-order valence-corrected chi connectivity index (χ4v) is 2.82. The van der Waals surface area contributed by atoms with E-state index in [1.54, 1.807) is 14.0 Å². The standard InChI is InChI=1S/C12H19FN2O3S.ClH/c1-10-9-11(13)3-4-12(10)19(16,17)15-6-5-14-7-8-18-2;/h3-4,9,14-15H,5-8H2,1-2H3;1H. The molecule has 8 heteroatoms. The number of sulfonamides is 1. The number of nitrogens with one attached hydrogen (secondary N) is 2. The molecule has 0 spiro atoms. The molecule has 0 heterocycles. The van der Waals surface area contributed by atoms with Crippen molar-refractivity contribution >= 4 is 22.4 Å². The fourth-order valence-electron chi connectivity index (χ4n) is 1.57. The third kappa shape index (κ3) is 6.15. The molecule has 0 aliphatic heterocycles. The van der Waals surface area contributed by atoms with Crippen molar-refractivity contribution in [2.24, 2.45) is 0 Å². The van der Waals surface area contributed by atoms with Crippen molar-refractivity contribution in [3.8, 4) is 0 Å². The first kappa shape index (κ1) is 19.3. The summed E-state index contributed by atoms with van der Waals surface area (Å²) >= 11 is 0. The second kappa shape index (κ2) is 9.25. The molecule has 0 amide bonds. The van der Waals surface area contributed by atoms with Crippen molar-refractivity contribution < 1.29 is 17.5 Å². The Morgan fingerprint density at radius 3 is 2.55 bits per heavy atom. The molecule has 0 aromatic heterocycles. The summed E-state index contributed by atoms with van der Waals surface area (Å²) in [5, 5.41) is 3.02. The van der Waals surface area contributed by atoms with E-state index in [4.69, 9.17) is 4.74 Å². The first-order chi connectivity index (χ1) is 8.97. The fraction of sp³-hybridized carbons (Fsp3) is 0.500. The van der Waals surface area contributed by atoms with E-state index in [0.29, 0.717) is 25.3 Å². The number of hydrogen-bond donors (Lipinski definition) is 2. The molecule has 1 aromatic rings. The minimum Gasteiger partial charge on any atom is -0.383 e. The summed E-state index contributed by atoms with van der Waals surface area (Å²) in [4.78, 5) is 0.103. The van der Waals surface area contributed by atoms with Gasteiger partial charge in [0.25, 0.3) is 0 Å².